The van der Waals surface area contributed by atoms with Gasteiger partial charge in [-0.2, -0.15) is 13.2 Å². The smallest absolute Gasteiger partial charge is 0.377 e. The first-order valence-electron chi connectivity index (χ1n) is 26.0. The molecule has 74 heavy (non-hydrogen) atoms. The van der Waals surface area contributed by atoms with E-state index in [9.17, 15) is 0 Å². The Balaban J connectivity index is 7.38. The summed E-state index contributed by atoms with van der Waals surface area (Å²) in [4.78, 5) is 0. The van der Waals surface area contributed by atoms with Crippen molar-refractivity contribution in [3.8, 4) is 0 Å². The summed E-state index contributed by atoms with van der Waals surface area (Å²) in [7, 11) is 6.34. The van der Waals surface area contributed by atoms with Crippen molar-refractivity contribution < 1.29 is 92.8 Å². The van der Waals surface area contributed by atoms with Gasteiger partial charge in [0.1, 0.15) is 0 Å². The molecule has 29 heteroatoms. The van der Waals surface area contributed by atoms with E-state index >= 15 is 13.2 Å². The molecule has 0 radical (unpaired) electrons. The second-order valence-electron chi connectivity index (χ2n) is 19.7. The summed E-state index contributed by atoms with van der Waals surface area (Å²) in [5, 5.41) is 0. The normalized spacial score (nSPS) is 14.2. The fourth-order valence-corrected chi connectivity index (χ4v) is 33.9. The van der Waals surface area contributed by atoms with Gasteiger partial charge < -0.3 is 79.7 Å². The minimum atomic E-state index is -4.44. The van der Waals surface area contributed by atoms with Gasteiger partial charge in [0.2, 0.25) is 0 Å². The average molecular weight is 1220 g/mol. The lowest BCUT2D eigenvalue weighted by Gasteiger charge is -2.39. The molecule has 0 bridgehead atoms. The topological polar surface area (TPSA) is 166 Å². The van der Waals surface area contributed by atoms with Crippen LogP contribution in [-0.4, -0.2) is 203 Å². The minimum Gasteiger partial charge on any atom is -0.377 e. The first kappa shape index (κ1) is 74.8. The molecule has 0 heterocycles. The first-order chi connectivity index (χ1) is 35.0. The molecule has 0 aliphatic rings. The van der Waals surface area contributed by atoms with E-state index in [1.165, 1.54) is 6.92 Å². The van der Waals surface area contributed by atoms with Crippen LogP contribution in [-0.2, 0) is 79.7 Å². The molecule has 0 aliphatic carbocycles. The van der Waals surface area contributed by atoms with Crippen molar-refractivity contribution in [3.05, 3.63) is 0 Å². The summed E-state index contributed by atoms with van der Waals surface area (Å²) in [6, 6.07) is 9.95. The van der Waals surface area contributed by atoms with Crippen molar-refractivity contribution >= 4 is 69.0 Å². The minimum absolute atomic E-state index is 0.00339. The SMILES string of the molecule is CO[Si](CCC[Si](CCCC(C)(CCC[Si](CCC[Si](OC)(OC)OC)(CCC[Si](OC)(OC)OC)CCC[Si](OC)(OC)OC)C(F)(F)F)(CCC[Si](OC)(OC)OC)CCC[Si](OC)(OC)OC)(OC)OC. The Bertz CT molecular complexity index is 1150. The lowest BCUT2D eigenvalue weighted by molar-refractivity contribution is -0.223. The van der Waals surface area contributed by atoms with E-state index < -0.39 is 80.6 Å². The van der Waals surface area contributed by atoms with Crippen LogP contribution in [0.15, 0.2) is 0 Å². The molecule has 0 aromatic heterocycles. The van der Waals surface area contributed by atoms with Crippen LogP contribution in [0.3, 0.4) is 0 Å². The van der Waals surface area contributed by atoms with Crippen LogP contribution in [0.2, 0.25) is 84.6 Å². The summed E-state index contributed by atoms with van der Waals surface area (Å²) in [5.74, 6) is 0. The molecule has 18 nitrogen and oxygen atoms in total. The van der Waals surface area contributed by atoms with E-state index in [0.717, 1.165) is 74.8 Å². The molecule has 0 N–H and O–H groups in total. The molecule has 0 saturated carbocycles. The Labute approximate surface area is 455 Å². The summed E-state index contributed by atoms with van der Waals surface area (Å²) in [5.41, 5.74) is -1.93. The van der Waals surface area contributed by atoms with E-state index in [2.05, 4.69) is 0 Å². The summed E-state index contributed by atoms with van der Waals surface area (Å²) in [6.07, 6.45) is 0.871. The largest absolute Gasteiger partial charge is 0.500 e. The third-order valence-electron chi connectivity index (χ3n) is 16.3. The third-order valence-corrected chi connectivity index (χ3v) is 44.6. The van der Waals surface area contributed by atoms with E-state index in [1.807, 2.05) is 0 Å². The van der Waals surface area contributed by atoms with Gasteiger partial charge in [-0.3, -0.25) is 0 Å². The van der Waals surface area contributed by atoms with Crippen LogP contribution in [0.5, 0.6) is 0 Å². The van der Waals surface area contributed by atoms with Crippen molar-refractivity contribution in [1.29, 1.82) is 0 Å². The fraction of sp³-hybridized carbons (Fsp3) is 1.00. The molecule has 0 fully saturated rings. The standard InChI is InChI=1S/C45H105F3O18Si8/c1-44(45(46,47)48,28-20-30-67(32-22-38-69(49-2,50-3)51-4,33-23-39-70(52-5,53-6)54-7)34-24-40-71(55-8,56-9)57-10)29-21-31-68(35-25-41-72(58-11,59-12)60-13,36-26-42-73(61-14,62-15)63-16)37-27-43-74(64-17,65-18)66-19/h20-43H2,1-19H3. The van der Waals surface area contributed by atoms with Crippen molar-refractivity contribution in [3.63, 3.8) is 0 Å². The first-order valence-corrected chi connectivity index (χ1v) is 43.2. The van der Waals surface area contributed by atoms with Crippen LogP contribution >= 0.6 is 0 Å². The van der Waals surface area contributed by atoms with Crippen molar-refractivity contribution in [2.75, 3.05) is 128 Å². The van der Waals surface area contributed by atoms with Crippen LogP contribution < -0.4 is 0 Å². The highest BCUT2D eigenvalue weighted by Crippen LogP contribution is 2.49. The van der Waals surface area contributed by atoms with Crippen LogP contribution in [0.25, 0.3) is 0 Å². The number of hydrogen-bond donors (Lipinski definition) is 0. The zero-order valence-electron chi connectivity index (χ0n) is 49.5. The Morgan fingerprint density at radius 1 is 0.230 bits per heavy atom. The zero-order valence-corrected chi connectivity index (χ0v) is 57.5. The molecule has 0 amide bonds. The van der Waals surface area contributed by atoms with E-state index in [-0.39, 0.29) is 12.8 Å². The Kier molecular flexibility index (Phi) is 37.4. The van der Waals surface area contributed by atoms with E-state index in [4.69, 9.17) is 79.7 Å². The van der Waals surface area contributed by atoms with Gasteiger partial charge in [-0.1, -0.05) is 107 Å². The maximum Gasteiger partial charge on any atom is 0.500 e. The Morgan fingerprint density at radius 2 is 0.365 bits per heavy atom. The number of alkyl halides is 3. The molecule has 0 saturated heterocycles. The van der Waals surface area contributed by atoms with Crippen LogP contribution in [0.4, 0.5) is 13.2 Å². The number of halogens is 3. The predicted molar refractivity (Wildman–Crippen MR) is 300 cm³/mol. The zero-order chi connectivity index (χ0) is 56.7. The monoisotopic (exact) mass is 1210 g/mol. The van der Waals surface area contributed by atoms with Gasteiger partial charge >= 0.3 is 59.0 Å². The molecule has 0 aromatic carbocycles. The second-order valence-corrected chi connectivity index (χ2v) is 48.2. The maximum atomic E-state index is 15.8. The molecule has 0 aromatic rings. The Morgan fingerprint density at radius 3 is 0.486 bits per heavy atom. The molecular formula is C45H105F3O18Si8. The quantitative estimate of drug-likeness (QED) is 0.0527. The molecule has 0 spiro atoms. The lowest BCUT2D eigenvalue weighted by atomic mass is 9.80. The predicted octanol–water partition coefficient (Wildman–Crippen LogP) is 10.6. The van der Waals surface area contributed by atoms with Gasteiger partial charge in [0.15, 0.2) is 0 Å². The molecule has 446 valence electrons. The van der Waals surface area contributed by atoms with Gasteiger partial charge in [0.25, 0.3) is 0 Å². The molecule has 0 rings (SSSR count). The van der Waals surface area contributed by atoms with Crippen LogP contribution in [0, 0.1) is 5.41 Å². The van der Waals surface area contributed by atoms with E-state index in [0.29, 0.717) is 61.2 Å². The van der Waals surface area contributed by atoms with Gasteiger partial charge in [-0.15, -0.1) is 0 Å². The van der Waals surface area contributed by atoms with Crippen LogP contribution in [0.1, 0.15) is 71.1 Å². The summed E-state index contributed by atoms with van der Waals surface area (Å²) >= 11 is 0. The highest BCUT2D eigenvalue weighted by atomic mass is 28.4. The highest BCUT2D eigenvalue weighted by Gasteiger charge is 2.52. The summed E-state index contributed by atoms with van der Waals surface area (Å²) < 4.78 is 152. The summed E-state index contributed by atoms with van der Waals surface area (Å²) in [6.45, 7) is 1.43. The fourth-order valence-electron chi connectivity index (χ4n) is 11.0. The van der Waals surface area contributed by atoms with Gasteiger partial charge in [-0.25, -0.2) is 0 Å². The van der Waals surface area contributed by atoms with Gasteiger partial charge in [0, 0.05) is 164 Å². The van der Waals surface area contributed by atoms with Crippen molar-refractivity contribution in [1.82, 2.24) is 0 Å². The average Bonchev–Trinajstić information content (AvgIpc) is 3.42. The third kappa shape index (κ3) is 23.0. The molecule has 0 aliphatic heterocycles. The second kappa shape index (κ2) is 37.0. The van der Waals surface area contributed by atoms with E-state index in [1.54, 1.807) is 128 Å². The Hall–Kier alpha value is 0.805. The van der Waals surface area contributed by atoms with Crippen molar-refractivity contribution in [2.24, 2.45) is 5.41 Å². The highest BCUT2D eigenvalue weighted by molar-refractivity contribution is 6.81. The molecule has 0 atom stereocenters. The van der Waals surface area contributed by atoms with Gasteiger partial charge in [-0.05, 0) is 12.8 Å². The molecule has 0 unspecified atom stereocenters. The van der Waals surface area contributed by atoms with Gasteiger partial charge in [0.05, 0.1) is 21.6 Å². The van der Waals surface area contributed by atoms with Crippen molar-refractivity contribution in [2.45, 2.75) is 162 Å². The molecular weight excluding hydrogens is 1110 g/mol. The number of hydrogen-bond acceptors (Lipinski definition) is 18. The lowest BCUT2D eigenvalue weighted by Crippen LogP contribution is -2.45. The maximum absolute atomic E-state index is 15.8. The number of rotatable bonds is 50.